The summed E-state index contributed by atoms with van der Waals surface area (Å²) in [6.07, 6.45) is 0. The van der Waals surface area contributed by atoms with Gasteiger partial charge in [-0.05, 0) is 41.1 Å². The Balaban J connectivity index is 1.73. The summed E-state index contributed by atoms with van der Waals surface area (Å²) < 4.78 is 6.17. The zero-order valence-corrected chi connectivity index (χ0v) is 13.9. The van der Waals surface area contributed by atoms with Gasteiger partial charge >= 0.3 is 0 Å². The van der Waals surface area contributed by atoms with Gasteiger partial charge in [0.25, 0.3) is 0 Å². The van der Waals surface area contributed by atoms with Crippen LogP contribution in [0.25, 0.3) is 55.1 Å². The fraction of sp³-hybridized carbons (Fsp3) is 0. The van der Waals surface area contributed by atoms with Gasteiger partial charge in [-0.25, -0.2) is 4.98 Å². The molecular formula is C23H14N2O. The molecule has 0 spiro atoms. The number of oxazole rings is 1. The van der Waals surface area contributed by atoms with Crippen LogP contribution < -0.4 is 0 Å². The molecule has 122 valence electrons. The van der Waals surface area contributed by atoms with Gasteiger partial charge in [0.05, 0.1) is 5.52 Å². The molecule has 2 aromatic heterocycles. The zero-order chi connectivity index (χ0) is 17.1. The standard InChI is InChI=1S/C23H14N2O/c1-2-7-15(8-3-1)23-25-19-13-11-17-20-16-9-5-4-6-14(16)10-12-18(20)24-21(17)22(19)26-23/h1-13,24H. The molecule has 26 heavy (non-hydrogen) atoms. The van der Waals surface area contributed by atoms with E-state index < -0.39 is 0 Å². The van der Waals surface area contributed by atoms with E-state index in [1.807, 2.05) is 36.4 Å². The lowest BCUT2D eigenvalue weighted by Gasteiger charge is -1.99. The molecule has 3 heteroatoms. The smallest absolute Gasteiger partial charge is 0.227 e. The molecule has 0 unspecified atom stereocenters. The summed E-state index contributed by atoms with van der Waals surface area (Å²) in [4.78, 5) is 8.22. The zero-order valence-electron chi connectivity index (χ0n) is 13.9. The van der Waals surface area contributed by atoms with Crippen LogP contribution in [0.4, 0.5) is 0 Å². The van der Waals surface area contributed by atoms with Gasteiger partial charge in [-0.3, -0.25) is 0 Å². The fourth-order valence-electron chi connectivity index (χ4n) is 3.83. The monoisotopic (exact) mass is 334 g/mol. The van der Waals surface area contributed by atoms with Crippen molar-refractivity contribution in [2.45, 2.75) is 0 Å². The summed E-state index contributed by atoms with van der Waals surface area (Å²) in [7, 11) is 0. The number of benzene rings is 4. The van der Waals surface area contributed by atoms with Crippen LogP contribution in [0.1, 0.15) is 0 Å². The van der Waals surface area contributed by atoms with Gasteiger partial charge in [-0.15, -0.1) is 0 Å². The Morgan fingerprint density at radius 2 is 1.58 bits per heavy atom. The first-order valence-corrected chi connectivity index (χ1v) is 8.66. The molecule has 1 N–H and O–H groups in total. The maximum Gasteiger partial charge on any atom is 0.227 e. The maximum atomic E-state index is 6.17. The molecular weight excluding hydrogens is 320 g/mol. The summed E-state index contributed by atoms with van der Waals surface area (Å²) >= 11 is 0. The highest BCUT2D eigenvalue weighted by Gasteiger charge is 2.15. The molecule has 2 heterocycles. The molecule has 0 aliphatic carbocycles. The van der Waals surface area contributed by atoms with Crippen LogP contribution in [0.15, 0.2) is 83.3 Å². The molecule has 0 saturated heterocycles. The van der Waals surface area contributed by atoms with Crippen molar-refractivity contribution in [3.05, 3.63) is 78.9 Å². The summed E-state index contributed by atoms with van der Waals surface area (Å²) in [5.74, 6) is 0.650. The van der Waals surface area contributed by atoms with E-state index in [1.54, 1.807) is 0 Å². The number of rotatable bonds is 1. The highest BCUT2D eigenvalue weighted by atomic mass is 16.3. The summed E-state index contributed by atoms with van der Waals surface area (Å²) in [6.45, 7) is 0. The van der Waals surface area contributed by atoms with E-state index in [-0.39, 0.29) is 0 Å². The normalized spacial score (nSPS) is 11.8. The van der Waals surface area contributed by atoms with Crippen LogP contribution in [-0.4, -0.2) is 9.97 Å². The van der Waals surface area contributed by atoms with Gasteiger partial charge in [-0.2, -0.15) is 0 Å². The Morgan fingerprint density at radius 3 is 2.50 bits per heavy atom. The number of aromatic amines is 1. The predicted molar refractivity (Wildman–Crippen MR) is 106 cm³/mol. The van der Waals surface area contributed by atoms with Crippen molar-refractivity contribution >= 4 is 43.7 Å². The SMILES string of the molecule is c1ccc(-c2nc3ccc4c([nH]c5ccc6ccccc6c54)c3o2)cc1. The lowest BCUT2D eigenvalue weighted by Crippen LogP contribution is -1.75. The van der Waals surface area contributed by atoms with Crippen LogP contribution in [0.5, 0.6) is 0 Å². The second-order valence-electron chi connectivity index (χ2n) is 6.56. The molecule has 0 saturated carbocycles. The number of nitrogens with one attached hydrogen (secondary N) is 1. The molecule has 6 rings (SSSR count). The minimum Gasteiger partial charge on any atom is -0.434 e. The van der Waals surface area contributed by atoms with Crippen molar-refractivity contribution in [1.29, 1.82) is 0 Å². The average molecular weight is 334 g/mol. The second kappa shape index (κ2) is 4.96. The second-order valence-corrected chi connectivity index (χ2v) is 6.56. The third kappa shape index (κ3) is 1.80. The molecule has 0 fully saturated rings. The Bertz CT molecular complexity index is 1420. The maximum absolute atomic E-state index is 6.17. The molecule has 0 bridgehead atoms. The topological polar surface area (TPSA) is 41.8 Å². The molecule has 0 atom stereocenters. The van der Waals surface area contributed by atoms with Gasteiger partial charge in [0.1, 0.15) is 5.52 Å². The molecule has 4 aromatic carbocycles. The van der Waals surface area contributed by atoms with Crippen LogP contribution in [0.3, 0.4) is 0 Å². The van der Waals surface area contributed by atoms with E-state index in [2.05, 4.69) is 52.4 Å². The van der Waals surface area contributed by atoms with Crippen molar-refractivity contribution < 1.29 is 4.42 Å². The van der Waals surface area contributed by atoms with E-state index in [4.69, 9.17) is 4.42 Å². The molecule has 0 aliphatic rings. The Morgan fingerprint density at radius 1 is 0.731 bits per heavy atom. The lowest BCUT2D eigenvalue weighted by atomic mass is 10.0. The van der Waals surface area contributed by atoms with Crippen LogP contribution in [0.2, 0.25) is 0 Å². The largest absolute Gasteiger partial charge is 0.434 e. The van der Waals surface area contributed by atoms with E-state index >= 15 is 0 Å². The summed E-state index contributed by atoms with van der Waals surface area (Å²) in [6, 6.07) is 27.0. The third-order valence-electron chi connectivity index (χ3n) is 5.04. The van der Waals surface area contributed by atoms with Gasteiger partial charge in [-0.1, -0.05) is 48.5 Å². The predicted octanol–water partition coefficient (Wildman–Crippen LogP) is 6.28. The van der Waals surface area contributed by atoms with Gasteiger partial charge in [0.2, 0.25) is 5.89 Å². The Hall–Kier alpha value is -3.59. The van der Waals surface area contributed by atoms with Gasteiger partial charge in [0, 0.05) is 21.9 Å². The molecule has 0 amide bonds. The summed E-state index contributed by atoms with van der Waals surface area (Å²) in [5, 5.41) is 4.89. The average Bonchev–Trinajstić information content (AvgIpc) is 3.30. The first kappa shape index (κ1) is 13.7. The quantitative estimate of drug-likeness (QED) is 0.384. The summed E-state index contributed by atoms with van der Waals surface area (Å²) in [5.41, 5.74) is 4.78. The Kier molecular flexibility index (Phi) is 2.61. The van der Waals surface area contributed by atoms with E-state index in [0.29, 0.717) is 5.89 Å². The minimum atomic E-state index is 0.650. The van der Waals surface area contributed by atoms with Crippen molar-refractivity contribution in [2.75, 3.05) is 0 Å². The number of hydrogen-bond acceptors (Lipinski definition) is 2. The third-order valence-corrected chi connectivity index (χ3v) is 5.04. The number of hydrogen-bond donors (Lipinski definition) is 1. The van der Waals surface area contributed by atoms with Crippen molar-refractivity contribution in [2.24, 2.45) is 0 Å². The molecule has 3 nitrogen and oxygen atoms in total. The highest BCUT2D eigenvalue weighted by molar-refractivity contribution is 6.23. The number of H-pyrrole nitrogens is 1. The van der Waals surface area contributed by atoms with Crippen molar-refractivity contribution in [3.8, 4) is 11.5 Å². The van der Waals surface area contributed by atoms with Crippen molar-refractivity contribution in [3.63, 3.8) is 0 Å². The van der Waals surface area contributed by atoms with Gasteiger partial charge in [0.15, 0.2) is 5.58 Å². The highest BCUT2D eigenvalue weighted by Crippen LogP contribution is 2.36. The molecule has 6 aromatic rings. The van der Waals surface area contributed by atoms with Gasteiger partial charge < -0.3 is 9.40 Å². The van der Waals surface area contributed by atoms with E-state index in [0.717, 1.165) is 27.7 Å². The fourth-order valence-corrected chi connectivity index (χ4v) is 3.83. The van der Waals surface area contributed by atoms with Crippen LogP contribution >= 0.6 is 0 Å². The van der Waals surface area contributed by atoms with Crippen LogP contribution in [-0.2, 0) is 0 Å². The first-order chi connectivity index (χ1) is 12.9. The number of nitrogens with zero attached hydrogens (tertiary/aromatic N) is 1. The number of aromatic nitrogens is 2. The van der Waals surface area contributed by atoms with E-state index in [9.17, 15) is 0 Å². The lowest BCUT2D eigenvalue weighted by molar-refractivity contribution is 0.622. The molecule has 0 aliphatic heterocycles. The van der Waals surface area contributed by atoms with E-state index in [1.165, 1.54) is 21.5 Å². The molecule has 0 radical (unpaired) electrons. The van der Waals surface area contributed by atoms with Crippen LogP contribution in [0, 0.1) is 0 Å². The number of fused-ring (bicyclic) bond motifs is 7. The first-order valence-electron chi connectivity index (χ1n) is 8.66. The van der Waals surface area contributed by atoms with Crippen molar-refractivity contribution in [1.82, 2.24) is 9.97 Å². The minimum absolute atomic E-state index is 0.650. The Labute approximate surface area is 148 Å².